The van der Waals surface area contributed by atoms with Gasteiger partial charge in [0.1, 0.15) is 5.69 Å². The molecule has 24 heavy (non-hydrogen) atoms. The summed E-state index contributed by atoms with van der Waals surface area (Å²) in [7, 11) is 0. The highest BCUT2D eigenvalue weighted by Crippen LogP contribution is 2.31. The van der Waals surface area contributed by atoms with Crippen LogP contribution in [0.25, 0.3) is 0 Å². The molecule has 1 atom stereocenters. The zero-order chi connectivity index (χ0) is 17.7. The molecule has 1 heterocycles. The Hall–Kier alpha value is -2.15. The van der Waals surface area contributed by atoms with Crippen molar-refractivity contribution in [3.63, 3.8) is 0 Å². The quantitative estimate of drug-likeness (QED) is 0.638. The van der Waals surface area contributed by atoms with Crippen LogP contribution in [0.5, 0.6) is 0 Å². The van der Waals surface area contributed by atoms with Crippen LogP contribution in [0, 0.1) is 10.1 Å². The average Bonchev–Trinajstić information content (AvgIpc) is 2.54. The predicted molar refractivity (Wildman–Crippen MR) is 92.6 cm³/mol. The Morgan fingerprint density at radius 1 is 1.50 bits per heavy atom. The fourth-order valence-electron chi connectivity index (χ4n) is 2.95. The fourth-order valence-corrected chi connectivity index (χ4v) is 2.95. The van der Waals surface area contributed by atoms with Gasteiger partial charge in [-0.2, -0.15) is 0 Å². The lowest BCUT2D eigenvalue weighted by Gasteiger charge is -2.33. The van der Waals surface area contributed by atoms with E-state index in [1.54, 1.807) is 12.1 Å². The van der Waals surface area contributed by atoms with E-state index >= 15 is 0 Å². The summed E-state index contributed by atoms with van der Waals surface area (Å²) >= 11 is 0. The second kappa shape index (κ2) is 8.10. The number of amides is 1. The van der Waals surface area contributed by atoms with Crippen molar-refractivity contribution in [1.82, 2.24) is 5.32 Å². The minimum atomic E-state index is -0.425. The number of anilines is 1. The van der Waals surface area contributed by atoms with Gasteiger partial charge in [0.15, 0.2) is 0 Å². The van der Waals surface area contributed by atoms with Crippen molar-refractivity contribution >= 4 is 17.3 Å². The van der Waals surface area contributed by atoms with Crippen LogP contribution < -0.4 is 10.2 Å². The molecule has 1 saturated heterocycles. The van der Waals surface area contributed by atoms with E-state index in [1.807, 2.05) is 25.7 Å². The smallest absolute Gasteiger partial charge is 0.293 e. The first kappa shape index (κ1) is 18.2. The van der Waals surface area contributed by atoms with Gasteiger partial charge >= 0.3 is 0 Å². The Balaban J connectivity index is 2.26. The molecule has 0 saturated carbocycles. The molecule has 132 valence electrons. The first-order valence-electron chi connectivity index (χ1n) is 8.38. The molecule has 1 aromatic carbocycles. The van der Waals surface area contributed by atoms with Crippen LogP contribution in [0.15, 0.2) is 18.2 Å². The van der Waals surface area contributed by atoms with Crippen LogP contribution in [0.4, 0.5) is 11.4 Å². The Morgan fingerprint density at radius 2 is 2.25 bits per heavy atom. The molecular weight excluding hydrogens is 310 g/mol. The number of nitro benzene ring substituents is 1. The van der Waals surface area contributed by atoms with E-state index in [1.165, 1.54) is 6.07 Å². The molecule has 1 aliphatic rings. The highest BCUT2D eigenvalue weighted by Gasteiger charge is 2.26. The summed E-state index contributed by atoms with van der Waals surface area (Å²) in [5, 5.41) is 14.2. The van der Waals surface area contributed by atoms with E-state index in [-0.39, 0.29) is 23.7 Å². The molecule has 7 nitrogen and oxygen atoms in total. The maximum atomic E-state index is 12.1. The van der Waals surface area contributed by atoms with Gasteiger partial charge in [-0.05, 0) is 45.7 Å². The van der Waals surface area contributed by atoms with Crippen molar-refractivity contribution in [1.29, 1.82) is 0 Å². The third-order valence-electron chi connectivity index (χ3n) is 3.98. The van der Waals surface area contributed by atoms with Gasteiger partial charge in [-0.25, -0.2) is 0 Å². The number of piperidine rings is 1. The van der Waals surface area contributed by atoms with E-state index in [0.717, 1.165) is 19.4 Å². The first-order chi connectivity index (χ1) is 11.4. The minimum absolute atomic E-state index is 0.0229. The van der Waals surface area contributed by atoms with Crippen molar-refractivity contribution in [3.05, 3.63) is 33.9 Å². The molecular formula is C17H25N3O4. The summed E-state index contributed by atoms with van der Waals surface area (Å²) in [4.78, 5) is 25.1. The number of carbonyl (C=O) groups excluding carboxylic acids is 1. The lowest BCUT2D eigenvalue weighted by Crippen LogP contribution is -2.40. The zero-order valence-corrected chi connectivity index (χ0v) is 14.4. The molecule has 1 amide bonds. The first-order valence-corrected chi connectivity index (χ1v) is 8.38. The van der Waals surface area contributed by atoms with Gasteiger partial charge in [0, 0.05) is 37.4 Å². The molecule has 0 radical (unpaired) electrons. The number of hydrogen-bond donors (Lipinski definition) is 1. The maximum Gasteiger partial charge on any atom is 0.293 e. The van der Waals surface area contributed by atoms with E-state index in [4.69, 9.17) is 4.74 Å². The van der Waals surface area contributed by atoms with E-state index in [0.29, 0.717) is 24.4 Å². The second-order valence-corrected chi connectivity index (χ2v) is 6.25. The highest BCUT2D eigenvalue weighted by molar-refractivity contribution is 5.96. The topological polar surface area (TPSA) is 84.7 Å². The number of nitro groups is 1. The summed E-state index contributed by atoms with van der Waals surface area (Å²) < 4.78 is 5.66. The number of nitrogens with one attached hydrogen (secondary N) is 1. The lowest BCUT2D eigenvalue weighted by molar-refractivity contribution is -0.384. The van der Waals surface area contributed by atoms with Gasteiger partial charge in [-0.15, -0.1) is 0 Å². The number of benzene rings is 1. The van der Waals surface area contributed by atoms with Crippen LogP contribution in [0.2, 0.25) is 0 Å². The van der Waals surface area contributed by atoms with E-state index < -0.39 is 4.92 Å². The van der Waals surface area contributed by atoms with Crippen molar-refractivity contribution in [2.45, 2.75) is 45.8 Å². The molecule has 1 N–H and O–H groups in total. The second-order valence-electron chi connectivity index (χ2n) is 6.25. The van der Waals surface area contributed by atoms with Crippen LogP contribution in [-0.2, 0) is 4.74 Å². The van der Waals surface area contributed by atoms with Crippen molar-refractivity contribution in [2.75, 3.05) is 24.6 Å². The Bertz CT molecular complexity index is 601. The molecule has 0 bridgehead atoms. The SMILES string of the molecule is CCOC1CCCN(c2ccc(C(=O)NC(C)C)cc2[N+](=O)[O-])C1. The molecule has 7 heteroatoms. The highest BCUT2D eigenvalue weighted by atomic mass is 16.6. The number of nitrogens with zero attached hydrogens (tertiary/aromatic N) is 2. The van der Waals surface area contributed by atoms with E-state index in [9.17, 15) is 14.9 Å². The average molecular weight is 335 g/mol. The van der Waals surface area contributed by atoms with Gasteiger partial charge in [-0.3, -0.25) is 14.9 Å². The Kier molecular flexibility index (Phi) is 6.14. The van der Waals surface area contributed by atoms with Crippen molar-refractivity contribution in [3.8, 4) is 0 Å². The van der Waals surface area contributed by atoms with Gasteiger partial charge < -0.3 is 15.0 Å². The zero-order valence-electron chi connectivity index (χ0n) is 14.4. The normalized spacial score (nSPS) is 17.8. The number of carbonyl (C=O) groups is 1. The van der Waals surface area contributed by atoms with Crippen LogP contribution in [-0.4, -0.2) is 42.7 Å². The van der Waals surface area contributed by atoms with Crippen LogP contribution in [0.1, 0.15) is 44.0 Å². The largest absolute Gasteiger partial charge is 0.377 e. The molecule has 1 aliphatic heterocycles. The van der Waals surface area contributed by atoms with Crippen molar-refractivity contribution in [2.24, 2.45) is 0 Å². The lowest BCUT2D eigenvalue weighted by atomic mass is 10.1. The molecule has 1 fully saturated rings. The molecule has 1 aromatic rings. The predicted octanol–water partition coefficient (Wildman–Crippen LogP) is 2.74. The summed E-state index contributed by atoms with van der Waals surface area (Å²) in [6.07, 6.45) is 1.98. The Labute approximate surface area is 142 Å². The molecule has 0 aromatic heterocycles. The van der Waals surface area contributed by atoms with Gasteiger partial charge in [0.05, 0.1) is 11.0 Å². The van der Waals surface area contributed by atoms with Crippen LogP contribution >= 0.6 is 0 Å². The van der Waals surface area contributed by atoms with Crippen molar-refractivity contribution < 1.29 is 14.5 Å². The maximum absolute atomic E-state index is 12.1. The summed E-state index contributed by atoms with van der Waals surface area (Å²) in [5.74, 6) is -0.300. The number of hydrogen-bond acceptors (Lipinski definition) is 5. The van der Waals surface area contributed by atoms with Gasteiger partial charge in [0.25, 0.3) is 11.6 Å². The number of rotatable bonds is 6. The minimum Gasteiger partial charge on any atom is -0.377 e. The van der Waals surface area contributed by atoms with E-state index in [2.05, 4.69) is 5.32 Å². The third kappa shape index (κ3) is 4.44. The third-order valence-corrected chi connectivity index (χ3v) is 3.98. The standard InChI is InChI=1S/C17H25N3O4/c1-4-24-14-6-5-9-19(11-14)15-8-7-13(10-16(15)20(22)23)17(21)18-12(2)3/h7-8,10,12,14H,4-6,9,11H2,1-3H3,(H,18,21). The molecule has 0 spiro atoms. The van der Waals surface area contributed by atoms with Gasteiger partial charge in [-0.1, -0.05) is 0 Å². The van der Waals surface area contributed by atoms with Gasteiger partial charge in [0.2, 0.25) is 0 Å². The fraction of sp³-hybridized carbons (Fsp3) is 0.588. The monoisotopic (exact) mass is 335 g/mol. The molecule has 0 aliphatic carbocycles. The summed E-state index contributed by atoms with van der Waals surface area (Å²) in [6.45, 7) is 7.66. The summed E-state index contributed by atoms with van der Waals surface area (Å²) in [6, 6.07) is 4.65. The molecule has 1 unspecified atom stereocenters. The number of ether oxygens (including phenoxy) is 1. The summed E-state index contributed by atoms with van der Waals surface area (Å²) in [5.41, 5.74) is 0.812. The molecule has 2 rings (SSSR count). The van der Waals surface area contributed by atoms with Crippen LogP contribution in [0.3, 0.4) is 0 Å². The Morgan fingerprint density at radius 3 is 2.88 bits per heavy atom.